The van der Waals surface area contributed by atoms with E-state index < -0.39 is 0 Å². The van der Waals surface area contributed by atoms with Gasteiger partial charge in [-0.3, -0.25) is 4.79 Å². The predicted octanol–water partition coefficient (Wildman–Crippen LogP) is 0.285. The Morgan fingerprint density at radius 1 is 1.79 bits per heavy atom. The van der Waals surface area contributed by atoms with Gasteiger partial charge in [0.15, 0.2) is 0 Å². The van der Waals surface area contributed by atoms with E-state index in [1.165, 1.54) is 11.1 Å². The van der Waals surface area contributed by atoms with Crippen molar-refractivity contribution in [2.75, 3.05) is 7.05 Å². The summed E-state index contributed by atoms with van der Waals surface area (Å²) in [6.45, 7) is 1.77. The Kier molecular flexibility index (Phi) is 3.48. The number of aromatic nitrogens is 2. The Hall–Kier alpha value is -1.08. The molecule has 0 saturated heterocycles. The molecule has 1 heterocycles. The average Bonchev–Trinajstić information content (AvgIpc) is 2.67. The van der Waals surface area contributed by atoms with Crippen molar-refractivity contribution in [1.29, 1.82) is 0 Å². The normalized spacial score (nSPS) is 12.1. The molecule has 7 heteroatoms. The van der Waals surface area contributed by atoms with Crippen LogP contribution in [0.1, 0.15) is 16.6 Å². The molecule has 0 aromatic carbocycles. The van der Waals surface area contributed by atoms with Crippen molar-refractivity contribution < 1.29 is 4.79 Å². The first kappa shape index (κ1) is 11.0. The Labute approximate surface area is 91.1 Å². The molecule has 5 nitrogen and oxygen atoms in total. The van der Waals surface area contributed by atoms with Crippen molar-refractivity contribution in [2.45, 2.75) is 13.0 Å². The molecule has 2 N–H and O–H groups in total. The van der Waals surface area contributed by atoms with Crippen LogP contribution in [0.5, 0.6) is 0 Å². The maximum Gasteiger partial charge on any atom is 0.267 e. The van der Waals surface area contributed by atoms with Gasteiger partial charge >= 0.3 is 0 Å². The highest BCUT2D eigenvalue weighted by molar-refractivity contribution is 7.80. The number of amides is 1. The van der Waals surface area contributed by atoms with E-state index >= 15 is 0 Å². The Morgan fingerprint density at radius 3 is 2.86 bits per heavy atom. The van der Waals surface area contributed by atoms with Crippen molar-refractivity contribution in [2.24, 2.45) is 5.73 Å². The van der Waals surface area contributed by atoms with Crippen molar-refractivity contribution in [3.63, 3.8) is 0 Å². The van der Waals surface area contributed by atoms with E-state index in [0.29, 0.717) is 9.87 Å². The number of carbonyl (C=O) groups is 1. The van der Waals surface area contributed by atoms with Gasteiger partial charge in [0.25, 0.3) is 5.91 Å². The molecule has 0 spiro atoms. The molecule has 0 aliphatic heterocycles. The number of nitrogens with two attached hydrogens (primary N) is 1. The van der Waals surface area contributed by atoms with Crippen LogP contribution in [-0.2, 0) is 0 Å². The summed E-state index contributed by atoms with van der Waals surface area (Å²) in [6.07, 6.45) is 1.43. The molecule has 1 amide bonds. The molecular weight excluding hydrogens is 220 g/mol. The fraction of sp³-hybridized carbons (Fsp3) is 0.429. The minimum Gasteiger partial charge on any atom is -0.392 e. The van der Waals surface area contributed by atoms with E-state index in [1.54, 1.807) is 14.0 Å². The van der Waals surface area contributed by atoms with Crippen LogP contribution >= 0.6 is 23.8 Å². The summed E-state index contributed by atoms with van der Waals surface area (Å²) in [7, 11) is 1.64. The zero-order valence-electron chi connectivity index (χ0n) is 7.80. The van der Waals surface area contributed by atoms with Gasteiger partial charge < -0.3 is 10.6 Å². The standard InChI is InChI=1S/C7H10N4OS2/c1-4(6(8)13)11(2)7(12)5-3-9-10-14-5/h3-4H,1-2H3,(H2,8,13). The summed E-state index contributed by atoms with van der Waals surface area (Å²) >= 11 is 5.85. The molecular formula is C7H10N4OS2. The van der Waals surface area contributed by atoms with Gasteiger partial charge in [-0.1, -0.05) is 16.7 Å². The smallest absolute Gasteiger partial charge is 0.267 e. The minimum atomic E-state index is -0.264. The number of carbonyl (C=O) groups excluding carboxylic acids is 1. The first-order valence-corrected chi connectivity index (χ1v) is 5.06. The second-order valence-corrected chi connectivity index (χ2v) is 4.03. The van der Waals surface area contributed by atoms with Gasteiger partial charge in [0, 0.05) is 7.05 Å². The first-order chi connectivity index (χ1) is 6.54. The largest absolute Gasteiger partial charge is 0.392 e. The van der Waals surface area contributed by atoms with E-state index in [9.17, 15) is 4.79 Å². The summed E-state index contributed by atoms with van der Waals surface area (Å²) in [6, 6.07) is -0.264. The van der Waals surface area contributed by atoms with Gasteiger partial charge in [-0.15, -0.1) is 5.10 Å². The van der Waals surface area contributed by atoms with Crippen molar-refractivity contribution >= 4 is 34.6 Å². The van der Waals surface area contributed by atoms with Crippen LogP contribution in [0.3, 0.4) is 0 Å². The summed E-state index contributed by atoms with van der Waals surface area (Å²) in [4.78, 5) is 13.9. The van der Waals surface area contributed by atoms with Gasteiger partial charge in [-0.25, -0.2) is 0 Å². The van der Waals surface area contributed by atoms with Gasteiger partial charge in [0.05, 0.1) is 17.2 Å². The van der Waals surface area contributed by atoms with Crippen molar-refractivity contribution in [3.05, 3.63) is 11.1 Å². The fourth-order valence-corrected chi connectivity index (χ4v) is 1.46. The zero-order chi connectivity index (χ0) is 10.7. The SMILES string of the molecule is CC(C(N)=S)N(C)C(=O)c1cnns1. The molecule has 76 valence electrons. The van der Waals surface area contributed by atoms with Crippen LogP contribution in [-0.4, -0.2) is 38.5 Å². The second kappa shape index (κ2) is 4.43. The van der Waals surface area contributed by atoms with Crippen LogP contribution in [0.15, 0.2) is 6.20 Å². The third-order valence-electron chi connectivity index (χ3n) is 1.89. The summed E-state index contributed by atoms with van der Waals surface area (Å²) in [5, 5.41) is 3.59. The monoisotopic (exact) mass is 230 g/mol. The van der Waals surface area contributed by atoms with E-state index in [1.807, 2.05) is 0 Å². The lowest BCUT2D eigenvalue weighted by atomic mass is 10.3. The Morgan fingerprint density at radius 2 is 2.43 bits per heavy atom. The van der Waals surface area contributed by atoms with Crippen LogP contribution < -0.4 is 5.73 Å². The zero-order valence-corrected chi connectivity index (χ0v) is 9.43. The molecule has 0 fully saturated rings. The van der Waals surface area contributed by atoms with Crippen molar-refractivity contribution in [1.82, 2.24) is 14.5 Å². The van der Waals surface area contributed by atoms with Crippen molar-refractivity contribution in [3.8, 4) is 0 Å². The summed E-state index contributed by atoms with van der Waals surface area (Å²) in [5.74, 6) is -0.166. The highest BCUT2D eigenvalue weighted by atomic mass is 32.1. The fourth-order valence-electron chi connectivity index (χ4n) is 0.802. The molecule has 0 bridgehead atoms. The van der Waals surface area contributed by atoms with E-state index in [0.717, 1.165) is 11.5 Å². The number of hydrogen-bond donors (Lipinski definition) is 1. The molecule has 1 aromatic rings. The van der Waals surface area contributed by atoms with E-state index in [-0.39, 0.29) is 11.9 Å². The number of rotatable bonds is 3. The topological polar surface area (TPSA) is 72.1 Å². The quantitative estimate of drug-likeness (QED) is 0.755. The first-order valence-electron chi connectivity index (χ1n) is 3.88. The molecule has 0 aliphatic carbocycles. The molecule has 0 radical (unpaired) electrons. The second-order valence-electron chi connectivity index (χ2n) is 2.78. The number of thiocarbonyl (C=S) groups is 1. The lowest BCUT2D eigenvalue weighted by Gasteiger charge is -2.22. The molecule has 1 aromatic heterocycles. The summed E-state index contributed by atoms with van der Waals surface area (Å²) < 4.78 is 3.61. The van der Waals surface area contributed by atoms with Gasteiger partial charge in [-0.2, -0.15) is 0 Å². The number of hydrogen-bond acceptors (Lipinski definition) is 5. The highest BCUT2D eigenvalue weighted by Crippen LogP contribution is 2.08. The van der Waals surface area contributed by atoms with Gasteiger partial charge in [-0.05, 0) is 18.5 Å². The van der Waals surface area contributed by atoms with Crippen LogP contribution in [0, 0.1) is 0 Å². The molecule has 1 rings (SSSR count). The van der Waals surface area contributed by atoms with Crippen LogP contribution in [0.4, 0.5) is 0 Å². The lowest BCUT2D eigenvalue weighted by Crippen LogP contribution is -2.42. The van der Waals surface area contributed by atoms with Crippen LogP contribution in [0.25, 0.3) is 0 Å². The lowest BCUT2D eigenvalue weighted by molar-refractivity contribution is 0.0783. The Bertz CT molecular complexity index is 337. The maximum atomic E-state index is 11.7. The molecule has 14 heavy (non-hydrogen) atoms. The third-order valence-corrected chi connectivity index (χ3v) is 2.88. The predicted molar refractivity (Wildman–Crippen MR) is 58.2 cm³/mol. The number of likely N-dealkylation sites (N-methyl/N-ethyl adjacent to an activating group) is 1. The van der Waals surface area contributed by atoms with Gasteiger partial charge in [0.1, 0.15) is 4.88 Å². The highest BCUT2D eigenvalue weighted by Gasteiger charge is 2.20. The van der Waals surface area contributed by atoms with Gasteiger partial charge in [0.2, 0.25) is 0 Å². The maximum absolute atomic E-state index is 11.7. The van der Waals surface area contributed by atoms with E-state index in [4.69, 9.17) is 18.0 Å². The molecule has 0 saturated carbocycles. The third kappa shape index (κ3) is 2.24. The molecule has 0 aliphatic rings. The van der Waals surface area contributed by atoms with Crippen LogP contribution in [0.2, 0.25) is 0 Å². The van der Waals surface area contributed by atoms with E-state index in [2.05, 4.69) is 9.59 Å². The minimum absolute atomic E-state index is 0.166. The average molecular weight is 230 g/mol. The molecule has 1 atom stereocenters. The summed E-state index contributed by atoms with van der Waals surface area (Å²) in [5.41, 5.74) is 5.44. The Balaban J connectivity index is 2.76. The molecule has 1 unspecified atom stereocenters. The number of nitrogens with zero attached hydrogens (tertiary/aromatic N) is 3.